The molecule has 2 aromatic rings. The topological polar surface area (TPSA) is 71.0 Å². The fourth-order valence-corrected chi connectivity index (χ4v) is 3.51. The molecule has 0 saturated carbocycles. The van der Waals surface area contributed by atoms with Gasteiger partial charge in [-0.25, -0.2) is 4.98 Å². The molecule has 7 heteroatoms. The van der Waals surface area contributed by atoms with E-state index < -0.39 is 0 Å². The molecular weight excluding hydrogens is 354 g/mol. The minimum Gasteiger partial charge on any atom is -0.454 e. The Morgan fingerprint density at radius 1 is 1.00 bits per heavy atom. The summed E-state index contributed by atoms with van der Waals surface area (Å²) in [6, 6.07) is 10.2. The predicted octanol–water partition coefficient (Wildman–Crippen LogP) is 2.67. The SMILES string of the molecule is CN=C(NCc1ccnc(N2CCCCC2)c1)NCc1ccc2c(c1)OCO2. The molecule has 7 nitrogen and oxygen atoms in total. The lowest BCUT2D eigenvalue weighted by Gasteiger charge is -2.28. The van der Waals surface area contributed by atoms with Crippen LogP contribution in [0.1, 0.15) is 30.4 Å². The number of nitrogens with zero attached hydrogens (tertiary/aromatic N) is 3. The summed E-state index contributed by atoms with van der Waals surface area (Å²) in [5.41, 5.74) is 2.31. The van der Waals surface area contributed by atoms with Gasteiger partial charge in [0.25, 0.3) is 0 Å². The number of hydrogen-bond donors (Lipinski definition) is 2. The Hall–Kier alpha value is -2.96. The van der Waals surface area contributed by atoms with E-state index in [0.29, 0.717) is 19.9 Å². The highest BCUT2D eigenvalue weighted by Crippen LogP contribution is 2.32. The molecule has 28 heavy (non-hydrogen) atoms. The van der Waals surface area contributed by atoms with Crippen LogP contribution < -0.4 is 25.0 Å². The Morgan fingerprint density at radius 3 is 2.54 bits per heavy atom. The van der Waals surface area contributed by atoms with Crippen LogP contribution >= 0.6 is 0 Å². The maximum Gasteiger partial charge on any atom is 0.231 e. The highest BCUT2D eigenvalue weighted by molar-refractivity contribution is 5.79. The van der Waals surface area contributed by atoms with Crippen molar-refractivity contribution >= 4 is 11.8 Å². The number of piperidine rings is 1. The van der Waals surface area contributed by atoms with Crippen molar-refractivity contribution in [1.29, 1.82) is 0 Å². The summed E-state index contributed by atoms with van der Waals surface area (Å²) in [5.74, 6) is 3.43. The van der Waals surface area contributed by atoms with Gasteiger partial charge in [0.2, 0.25) is 6.79 Å². The van der Waals surface area contributed by atoms with Gasteiger partial charge in [0.15, 0.2) is 17.5 Å². The summed E-state index contributed by atoms with van der Waals surface area (Å²) < 4.78 is 10.8. The Bertz CT molecular complexity index is 833. The Kier molecular flexibility index (Phi) is 5.80. The number of aliphatic imine (C=N–C) groups is 1. The third kappa shape index (κ3) is 4.47. The van der Waals surface area contributed by atoms with Crippen molar-refractivity contribution < 1.29 is 9.47 Å². The van der Waals surface area contributed by atoms with Crippen LogP contribution in [0.3, 0.4) is 0 Å². The molecule has 1 aromatic heterocycles. The molecule has 1 saturated heterocycles. The zero-order valence-electron chi connectivity index (χ0n) is 16.3. The molecule has 3 heterocycles. The van der Waals surface area contributed by atoms with Gasteiger partial charge in [0.05, 0.1) is 0 Å². The molecule has 1 fully saturated rings. The molecule has 2 N–H and O–H groups in total. The molecule has 0 radical (unpaired) electrons. The maximum absolute atomic E-state index is 5.43. The van der Waals surface area contributed by atoms with Crippen LogP contribution in [-0.4, -0.2) is 37.9 Å². The second-order valence-corrected chi connectivity index (χ2v) is 7.04. The van der Waals surface area contributed by atoms with Gasteiger partial charge in [-0.3, -0.25) is 4.99 Å². The molecule has 0 unspecified atom stereocenters. The third-order valence-corrected chi connectivity index (χ3v) is 5.07. The van der Waals surface area contributed by atoms with Crippen molar-refractivity contribution in [2.45, 2.75) is 32.4 Å². The summed E-state index contributed by atoms with van der Waals surface area (Å²) >= 11 is 0. The first-order chi connectivity index (χ1) is 13.8. The summed E-state index contributed by atoms with van der Waals surface area (Å²) in [4.78, 5) is 11.2. The quantitative estimate of drug-likeness (QED) is 0.613. The lowest BCUT2D eigenvalue weighted by Crippen LogP contribution is -2.36. The van der Waals surface area contributed by atoms with E-state index in [1.165, 1.54) is 24.8 Å². The minimum absolute atomic E-state index is 0.292. The van der Waals surface area contributed by atoms with E-state index in [0.717, 1.165) is 41.9 Å². The van der Waals surface area contributed by atoms with Crippen LogP contribution in [0.5, 0.6) is 11.5 Å². The summed E-state index contributed by atoms with van der Waals surface area (Å²) in [6.45, 7) is 3.85. The van der Waals surface area contributed by atoms with Gasteiger partial charge in [-0.1, -0.05) is 6.07 Å². The predicted molar refractivity (Wildman–Crippen MR) is 110 cm³/mol. The van der Waals surface area contributed by atoms with Crippen molar-refractivity contribution in [2.24, 2.45) is 4.99 Å². The fraction of sp³-hybridized carbons (Fsp3) is 0.429. The second-order valence-electron chi connectivity index (χ2n) is 7.04. The van der Waals surface area contributed by atoms with Crippen molar-refractivity contribution in [2.75, 3.05) is 31.8 Å². The van der Waals surface area contributed by atoms with E-state index in [9.17, 15) is 0 Å². The van der Waals surface area contributed by atoms with Crippen LogP contribution in [0.2, 0.25) is 0 Å². The van der Waals surface area contributed by atoms with Crippen molar-refractivity contribution in [3.05, 3.63) is 47.7 Å². The number of pyridine rings is 1. The van der Waals surface area contributed by atoms with E-state index >= 15 is 0 Å². The van der Waals surface area contributed by atoms with Gasteiger partial charge in [-0.15, -0.1) is 0 Å². The first kappa shape index (κ1) is 18.4. The van der Waals surface area contributed by atoms with Crippen LogP contribution in [0.25, 0.3) is 0 Å². The molecule has 2 aliphatic heterocycles. The van der Waals surface area contributed by atoms with Crippen LogP contribution in [-0.2, 0) is 13.1 Å². The zero-order valence-corrected chi connectivity index (χ0v) is 16.3. The normalized spacial score (nSPS) is 16.2. The molecule has 0 atom stereocenters. The molecule has 0 aliphatic carbocycles. The van der Waals surface area contributed by atoms with Gasteiger partial charge >= 0.3 is 0 Å². The second kappa shape index (κ2) is 8.82. The molecule has 2 aliphatic rings. The zero-order chi connectivity index (χ0) is 19.2. The number of ether oxygens (including phenoxy) is 2. The van der Waals surface area contributed by atoms with Crippen molar-refractivity contribution in [3.8, 4) is 11.5 Å². The number of aromatic nitrogens is 1. The van der Waals surface area contributed by atoms with E-state index in [2.05, 4.69) is 31.6 Å². The number of fused-ring (bicyclic) bond motifs is 1. The highest BCUT2D eigenvalue weighted by atomic mass is 16.7. The first-order valence-electron chi connectivity index (χ1n) is 9.85. The van der Waals surface area contributed by atoms with Gasteiger partial charge in [0, 0.05) is 39.4 Å². The number of hydrogen-bond acceptors (Lipinski definition) is 5. The molecule has 4 rings (SSSR count). The number of guanidine groups is 1. The van der Waals surface area contributed by atoms with Crippen molar-refractivity contribution in [3.63, 3.8) is 0 Å². The molecule has 0 bridgehead atoms. The smallest absolute Gasteiger partial charge is 0.231 e. The molecule has 0 amide bonds. The van der Waals surface area contributed by atoms with Crippen LogP contribution in [0.4, 0.5) is 5.82 Å². The highest BCUT2D eigenvalue weighted by Gasteiger charge is 2.14. The lowest BCUT2D eigenvalue weighted by molar-refractivity contribution is 0.174. The monoisotopic (exact) mass is 381 g/mol. The summed E-state index contributed by atoms with van der Waals surface area (Å²) in [5, 5.41) is 6.72. The summed E-state index contributed by atoms with van der Waals surface area (Å²) in [6.07, 6.45) is 5.72. The maximum atomic E-state index is 5.43. The van der Waals surface area contributed by atoms with Gasteiger partial charge in [-0.2, -0.15) is 0 Å². The average Bonchev–Trinajstić information content (AvgIpc) is 3.23. The Balaban J connectivity index is 1.30. The lowest BCUT2D eigenvalue weighted by atomic mass is 10.1. The van der Waals surface area contributed by atoms with E-state index in [1.807, 2.05) is 30.5 Å². The Labute approximate surface area is 165 Å². The largest absolute Gasteiger partial charge is 0.454 e. The first-order valence-corrected chi connectivity index (χ1v) is 9.85. The van der Waals surface area contributed by atoms with Gasteiger partial charge in [0.1, 0.15) is 5.82 Å². The molecule has 1 aromatic carbocycles. The van der Waals surface area contributed by atoms with Gasteiger partial charge in [-0.05, 0) is 54.7 Å². The minimum atomic E-state index is 0.292. The standard InChI is InChI=1S/C21H27N5O2/c1-22-21(24-13-16-5-6-18-19(11-16)28-15-27-18)25-14-17-7-8-23-20(12-17)26-9-3-2-4-10-26/h5-8,11-12H,2-4,9-10,13-15H2,1H3,(H2,22,24,25). The number of benzene rings is 1. The van der Waals surface area contributed by atoms with E-state index in [4.69, 9.17) is 9.47 Å². The molecule has 0 spiro atoms. The number of rotatable bonds is 5. The molecular formula is C21H27N5O2. The summed E-state index contributed by atoms with van der Waals surface area (Å²) in [7, 11) is 1.78. The average molecular weight is 381 g/mol. The third-order valence-electron chi connectivity index (χ3n) is 5.07. The van der Waals surface area contributed by atoms with E-state index in [1.54, 1.807) is 7.05 Å². The molecule has 148 valence electrons. The van der Waals surface area contributed by atoms with Gasteiger partial charge < -0.3 is 25.0 Å². The van der Waals surface area contributed by atoms with Crippen molar-refractivity contribution in [1.82, 2.24) is 15.6 Å². The fourth-order valence-electron chi connectivity index (χ4n) is 3.51. The Morgan fingerprint density at radius 2 is 1.75 bits per heavy atom. The number of nitrogens with one attached hydrogen (secondary N) is 2. The van der Waals surface area contributed by atoms with Crippen LogP contribution in [0.15, 0.2) is 41.5 Å². The van der Waals surface area contributed by atoms with Crippen LogP contribution in [0, 0.1) is 0 Å². The van der Waals surface area contributed by atoms with E-state index in [-0.39, 0.29) is 0 Å². The number of anilines is 1.